The van der Waals surface area contributed by atoms with Gasteiger partial charge < -0.3 is 5.10 Å². The van der Waals surface area contributed by atoms with Crippen molar-refractivity contribution in [2.45, 2.75) is 39.0 Å². The first kappa shape index (κ1) is 9.10. The zero-order valence-electron chi connectivity index (χ0n) is 7.90. The summed E-state index contributed by atoms with van der Waals surface area (Å²) in [7, 11) is 0. The largest absolute Gasteiger partial charge is 0.305 e. The summed E-state index contributed by atoms with van der Waals surface area (Å²) >= 11 is 0. The smallest absolute Gasteiger partial charge is 0.267 e. The van der Waals surface area contributed by atoms with Gasteiger partial charge in [0.1, 0.15) is 0 Å². The van der Waals surface area contributed by atoms with Gasteiger partial charge in [-0.25, -0.2) is 0 Å². The van der Waals surface area contributed by atoms with Crippen LogP contribution in [0.3, 0.4) is 0 Å². The lowest BCUT2D eigenvalue weighted by molar-refractivity contribution is 0.470. The number of rotatable bonds is 3. The van der Waals surface area contributed by atoms with Crippen LogP contribution in [0.25, 0.3) is 0 Å². The Hall–Kier alpha value is -0.990. The highest BCUT2D eigenvalue weighted by atomic mass is 16.1. The maximum absolute atomic E-state index is 11.3. The lowest BCUT2D eigenvalue weighted by atomic mass is 9.82. The lowest BCUT2D eigenvalue weighted by Gasteiger charge is -2.20. The fourth-order valence-electron chi connectivity index (χ4n) is 1.57. The van der Waals surface area contributed by atoms with Crippen molar-refractivity contribution in [3.05, 3.63) is 22.1 Å². The van der Waals surface area contributed by atoms with Gasteiger partial charge in [0.25, 0.3) is 5.56 Å². The van der Waals surface area contributed by atoms with E-state index in [4.69, 9.17) is 0 Å². The molecule has 2 N–H and O–H groups in total. The van der Waals surface area contributed by atoms with Crippen LogP contribution in [0.1, 0.15) is 39.2 Å². The average Bonchev–Trinajstić information content (AvgIpc) is 2.35. The average molecular weight is 168 g/mol. The molecule has 0 saturated heterocycles. The third-order valence-corrected chi connectivity index (χ3v) is 2.25. The van der Waals surface area contributed by atoms with Gasteiger partial charge in [-0.15, -0.1) is 0 Å². The first-order chi connectivity index (χ1) is 5.58. The van der Waals surface area contributed by atoms with Crippen LogP contribution in [0.15, 0.2) is 11.0 Å². The van der Waals surface area contributed by atoms with Crippen molar-refractivity contribution in [2.24, 2.45) is 0 Å². The molecule has 0 saturated carbocycles. The zero-order valence-corrected chi connectivity index (χ0v) is 7.90. The summed E-state index contributed by atoms with van der Waals surface area (Å²) in [5.74, 6) is 0. The Bertz CT molecular complexity index is 295. The van der Waals surface area contributed by atoms with E-state index in [9.17, 15) is 4.79 Å². The molecule has 1 rings (SSSR count). The molecule has 68 valence electrons. The molecule has 0 aromatic carbocycles. The van der Waals surface area contributed by atoms with Gasteiger partial charge in [-0.05, 0) is 11.8 Å². The standard InChI is InChI=1S/C9H16N2O/c1-4-5-9(2,3)7-6-10-11-8(7)12/h6H,4-5H2,1-3H3,(H2,10,11,12). The van der Waals surface area contributed by atoms with Crippen molar-refractivity contribution in [3.63, 3.8) is 0 Å². The molecule has 0 amide bonds. The number of hydrogen-bond acceptors (Lipinski definition) is 1. The van der Waals surface area contributed by atoms with Gasteiger partial charge in [0, 0.05) is 11.8 Å². The molecule has 1 aromatic rings. The van der Waals surface area contributed by atoms with Gasteiger partial charge in [0.2, 0.25) is 0 Å². The van der Waals surface area contributed by atoms with E-state index >= 15 is 0 Å². The summed E-state index contributed by atoms with van der Waals surface area (Å²) in [5.41, 5.74) is 0.848. The molecule has 1 aromatic heterocycles. The molecule has 0 aliphatic carbocycles. The summed E-state index contributed by atoms with van der Waals surface area (Å²) in [6, 6.07) is 0. The monoisotopic (exact) mass is 168 g/mol. The van der Waals surface area contributed by atoms with Gasteiger partial charge in [-0.2, -0.15) is 0 Å². The van der Waals surface area contributed by atoms with Crippen LogP contribution in [0.5, 0.6) is 0 Å². The van der Waals surface area contributed by atoms with Crippen molar-refractivity contribution < 1.29 is 0 Å². The van der Waals surface area contributed by atoms with Crippen LogP contribution >= 0.6 is 0 Å². The summed E-state index contributed by atoms with van der Waals surface area (Å²) < 4.78 is 0. The Kier molecular flexibility index (Phi) is 2.40. The highest BCUT2D eigenvalue weighted by Crippen LogP contribution is 2.24. The molecule has 0 aliphatic heterocycles. The number of hydrogen-bond donors (Lipinski definition) is 2. The quantitative estimate of drug-likeness (QED) is 0.710. The minimum atomic E-state index is -0.0116. The molecule has 3 nitrogen and oxygen atoms in total. The molecule has 0 unspecified atom stereocenters. The Balaban J connectivity index is 2.96. The van der Waals surface area contributed by atoms with Gasteiger partial charge in [0.15, 0.2) is 0 Å². The van der Waals surface area contributed by atoms with Crippen LogP contribution in [0.4, 0.5) is 0 Å². The summed E-state index contributed by atoms with van der Waals surface area (Å²) in [6.45, 7) is 6.31. The fourth-order valence-corrected chi connectivity index (χ4v) is 1.57. The number of H-pyrrole nitrogens is 2. The minimum absolute atomic E-state index is 0.00782. The van der Waals surface area contributed by atoms with Crippen LogP contribution in [0, 0.1) is 0 Å². The van der Waals surface area contributed by atoms with Gasteiger partial charge in [-0.1, -0.05) is 27.2 Å². The first-order valence-electron chi connectivity index (χ1n) is 4.34. The predicted molar refractivity (Wildman–Crippen MR) is 49.3 cm³/mol. The molecule has 3 heteroatoms. The van der Waals surface area contributed by atoms with Crippen molar-refractivity contribution in [3.8, 4) is 0 Å². The third kappa shape index (κ3) is 1.60. The van der Waals surface area contributed by atoms with Crippen LogP contribution in [-0.4, -0.2) is 10.2 Å². The maximum Gasteiger partial charge on any atom is 0.267 e. The van der Waals surface area contributed by atoms with E-state index in [2.05, 4.69) is 31.0 Å². The normalized spacial score (nSPS) is 11.9. The molecule has 1 heterocycles. The first-order valence-corrected chi connectivity index (χ1v) is 4.34. The molecular weight excluding hydrogens is 152 g/mol. The van der Waals surface area contributed by atoms with Crippen molar-refractivity contribution in [2.75, 3.05) is 0 Å². The second-order valence-corrected chi connectivity index (χ2v) is 3.79. The van der Waals surface area contributed by atoms with Crippen molar-refractivity contribution >= 4 is 0 Å². The Labute approximate surface area is 72.2 Å². The summed E-state index contributed by atoms with van der Waals surface area (Å²) in [4.78, 5) is 11.3. The predicted octanol–water partition coefficient (Wildman–Crippen LogP) is 1.78. The van der Waals surface area contributed by atoms with Crippen LogP contribution in [-0.2, 0) is 5.41 Å². The number of aromatic amines is 2. The molecule has 12 heavy (non-hydrogen) atoms. The lowest BCUT2D eigenvalue weighted by Crippen LogP contribution is -2.23. The molecule has 0 bridgehead atoms. The molecule has 0 radical (unpaired) electrons. The Morgan fingerprint density at radius 3 is 2.58 bits per heavy atom. The van der Waals surface area contributed by atoms with Crippen LogP contribution in [0.2, 0.25) is 0 Å². The molecule has 0 aliphatic rings. The van der Waals surface area contributed by atoms with Crippen molar-refractivity contribution in [1.82, 2.24) is 10.2 Å². The minimum Gasteiger partial charge on any atom is -0.305 e. The summed E-state index contributed by atoms with van der Waals surface area (Å²) in [5, 5.41) is 5.28. The second kappa shape index (κ2) is 3.17. The van der Waals surface area contributed by atoms with Gasteiger partial charge in [0.05, 0.1) is 0 Å². The van der Waals surface area contributed by atoms with E-state index in [1.165, 1.54) is 0 Å². The SMILES string of the molecule is CCCC(C)(C)c1c[nH][nH]c1=O. The van der Waals surface area contributed by atoms with E-state index in [-0.39, 0.29) is 11.0 Å². The highest BCUT2D eigenvalue weighted by Gasteiger charge is 2.22. The van der Waals surface area contributed by atoms with Gasteiger partial charge in [-0.3, -0.25) is 9.89 Å². The molecule has 0 atom stereocenters. The molecular formula is C9H16N2O. The Morgan fingerprint density at radius 2 is 2.17 bits per heavy atom. The second-order valence-electron chi connectivity index (χ2n) is 3.79. The zero-order chi connectivity index (χ0) is 9.19. The fraction of sp³-hybridized carbons (Fsp3) is 0.667. The third-order valence-electron chi connectivity index (χ3n) is 2.25. The highest BCUT2D eigenvalue weighted by molar-refractivity contribution is 5.15. The van der Waals surface area contributed by atoms with E-state index in [0.717, 1.165) is 18.4 Å². The maximum atomic E-state index is 11.3. The van der Waals surface area contributed by atoms with Crippen molar-refractivity contribution in [1.29, 1.82) is 0 Å². The summed E-state index contributed by atoms with van der Waals surface area (Å²) in [6.07, 6.45) is 3.89. The van der Waals surface area contributed by atoms with E-state index in [0.29, 0.717) is 0 Å². The topological polar surface area (TPSA) is 48.6 Å². The molecule has 0 spiro atoms. The van der Waals surface area contributed by atoms with E-state index in [1.54, 1.807) is 6.20 Å². The Morgan fingerprint density at radius 1 is 1.50 bits per heavy atom. The molecule has 0 fully saturated rings. The van der Waals surface area contributed by atoms with Gasteiger partial charge >= 0.3 is 0 Å². The number of nitrogens with one attached hydrogen (secondary N) is 2. The van der Waals surface area contributed by atoms with Crippen LogP contribution < -0.4 is 5.56 Å². The van der Waals surface area contributed by atoms with E-state index in [1.807, 2.05) is 0 Å². The number of aromatic nitrogens is 2. The van der Waals surface area contributed by atoms with E-state index < -0.39 is 0 Å².